The molecule has 3 heterocycles. The number of hydrogen-bond acceptors (Lipinski definition) is 8. The van der Waals surface area contributed by atoms with Crippen molar-refractivity contribution in [3.05, 3.63) is 58.9 Å². The van der Waals surface area contributed by atoms with Crippen molar-refractivity contribution >= 4 is 32.5 Å². The summed E-state index contributed by atoms with van der Waals surface area (Å²) in [6, 6.07) is 7.11. The van der Waals surface area contributed by atoms with Crippen molar-refractivity contribution < 1.29 is 35.9 Å². The summed E-state index contributed by atoms with van der Waals surface area (Å²) in [5.41, 5.74) is -0.116. The van der Waals surface area contributed by atoms with Crippen LogP contribution in [0.1, 0.15) is 12.8 Å². The highest BCUT2D eigenvalue weighted by Gasteiger charge is 2.44. The number of anilines is 1. The summed E-state index contributed by atoms with van der Waals surface area (Å²) in [6.45, 7) is -0.536. The van der Waals surface area contributed by atoms with E-state index < -0.39 is 44.9 Å². The van der Waals surface area contributed by atoms with E-state index in [-0.39, 0.29) is 45.5 Å². The van der Waals surface area contributed by atoms with Crippen molar-refractivity contribution in [2.24, 2.45) is 0 Å². The molecule has 0 spiro atoms. The normalized spacial score (nSPS) is 16.0. The molecular weight excluding hydrogens is 543 g/mol. The van der Waals surface area contributed by atoms with Gasteiger partial charge in [-0.05, 0) is 37.1 Å². The number of hydrogen-bond donors (Lipinski definition) is 1. The topological polar surface area (TPSA) is 136 Å². The Morgan fingerprint density at radius 1 is 1.18 bits per heavy atom. The number of carbonyl (C=O) groups excluding carboxylic acids is 1. The van der Waals surface area contributed by atoms with Gasteiger partial charge in [0.15, 0.2) is 21.3 Å². The second-order valence-electron chi connectivity index (χ2n) is 9.15. The second kappa shape index (κ2) is 8.56. The largest absolute Gasteiger partial charge is 0.586 e. The molecule has 2 aliphatic rings. The zero-order chi connectivity index (χ0) is 27.7. The average Bonchev–Trinajstić information content (AvgIpc) is 3.44. The van der Waals surface area contributed by atoms with Crippen molar-refractivity contribution in [3.63, 3.8) is 0 Å². The van der Waals surface area contributed by atoms with Crippen LogP contribution in [0.2, 0.25) is 0 Å². The van der Waals surface area contributed by atoms with Crippen LogP contribution in [0.15, 0.2) is 52.4 Å². The zero-order valence-corrected chi connectivity index (χ0v) is 20.8. The third kappa shape index (κ3) is 4.47. The summed E-state index contributed by atoms with van der Waals surface area (Å²) in [5, 5.41) is 4.26. The predicted octanol–water partition coefficient (Wildman–Crippen LogP) is 2.85. The first kappa shape index (κ1) is 24.9. The third-order valence-electron chi connectivity index (χ3n) is 6.27. The van der Waals surface area contributed by atoms with Crippen LogP contribution < -0.4 is 19.9 Å². The number of rotatable bonds is 6. The van der Waals surface area contributed by atoms with E-state index in [4.69, 9.17) is 0 Å². The van der Waals surface area contributed by atoms with E-state index in [9.17, 15) is 31.2 Å². The molecule has 2 aromatic carbocycles. The van der Waals surface area contributed by atoms with Gasteiger partial charge in [0.1, 0.15) is 34.0 Å². The number of sulfone groups is 1. The van der Waals surface area contributed by atoms with Crippen molar-refractivity contribution in [3.8, 4) is 22.8 Å². The van der Waals surface area contributed by atoms with Gasteiger partial charge in [-0.15, -0.1) is 8.78 Å². The molecule has 0 bridgehead atoms. The number of aromatic nitrogens is 4. The van der Waals surface area contributed by atoms with Crippen molar-refractivity contribution in [2.45, 2.75) is 36.6 Å². The Labute approximate surface area is 217 Å². The molecule has 15 heteroatoms. The van der Waals surface area contributed by atoms with Gasteiger partial charge in [-0.1, -0.05) is 6.07 Å². The van der Waals surface area contributed by atoms with E-state index in [1.54, 1.807) is 0 Å². The van der Waals surface area contributed by atoms with Gasteiger partial charge < -0.3 is 19.4 Å². The smallest absolute Gasteiger partial charge is 0.395 e. The third-order valence-corrected chi connectivity index (χ3v) is 7.40. The predicted molar refractivity (Wildman–Crippen MR) is 130 cm³/mol. The number of ether oxygens (including phenoxy) is 2. The first-order chi connectivity index (χ1) is 18.4. The molecule has 0 radical (unpaired) electrons. The average molecular weight is 561 g/mol. The number of alkyl halides is 2. The van der Waals surface area contributed by atoms with Crippen molar-refractivity contribution in [1.82, 2.24) is 19.7 Å². The number of aromatic amines is 1. The molecule has 0 unspecified atom stereocenters. The highest BCUT2D eigenvalue weighted by molar-refractivity contribution is 7.90. The lowest BCUT2D eigenvalue weighted by Gasteiger charge is -2.23. The Morgan fingerprint density at radius 2 is 1.92 bits per heavy atom. The summed E-state index contributed by atoms with van der Waals surface area (Å²) < 4.78 is 75.1. The Hall–Kier alpha value is -4.40. The van der Waals surface area contributed by atoms with E-state index in [1.807, 2.05) is 0 Å². The second-order valence-corrected chi connectivity index (χ2v) is 11.1. The van der Waals surface area contributed by atoms with Gasteiger partial charge in [0.25, 0.3) is 5.56 Å². The summed E-state index contributed by atoms with van der Waals surface area (Å²) in [7, 11) is -3.82. The lowest BCUT2D eigenvalue weighted by molar-refractivity contribution is -0.286. The number of nitrogens with one attached hydrogen (secondary N) is 1. The Morgan fingerprint density at radius 3 is 2.62 bits per heavy atom. The van der Waals surface area contributed by atoms with Crippen LogP contribution in [-0.4, -0.2) is 52.7 Å². The Balaban J connectivity index is 1.37. The Bertz CT molecular complexity index is 1830. The van der Waals surface area contributed by atoms with E-state index in [0.29, 0.717) is 12.8 Å². The molecule has 6 rings (SSSR count). The monoisotopic (exact) mass is 561 g/mol. The van der Waals surface area contributed by atoms with Gasteiger partial charge in [0, 0.05) is 29.6 Å². The molecule has 4 aromatic rings. The van der Waals surface area contributed by atoms with Gasteiger partial charge in [-0.2, -0.15) is 5.10 Å². The molecule has 39 heavy (non-hydrogen) atoms. The van der Waals surface area contributed by atoms with Crippen LogP contribution in [0.25, 0.3) is 22.3 Å². The van der Waals surface area contributed by atoms with Crippen LogP contribution in [0.3, 0.4) is 0 Å². The summed E-state index contributed by atoms with van der Waals surface area (Å²) in [6.07, 6.45) is -0.381. The summed E-state index contributed by atoms with van der Waals surface area (Å²) in [4.78, 5) is 34.2. The van der Waals surface area contributed by atoms with E-state index >= 15 is 0 Å². The number of H-pyrrole nitrogens is 1. The molecule has 1 N–H and O–H groups in total. The maximum atomic E-state index is 14.6. The molecule has 1 fully saturated rings. The highest BCUT2D eigenvalue weighted by Crippen LogP contribution is 2.44. The van der Waals surface area contributed by atoms with Crippen LogP contribution in [0.5, 0.6) is 11.5 Å². The fraction of sp³-hybridized carbons (Fsp3) is 0.250. The highest BCUT2D eigenvalue weighted by atomic mass is 32.2. The molecule has 11 nitrogen and oxygen atoms in total. The molecule has 202 valence electrons. The summed E-state index contributed by atoms with van der Waals surface area (Å²) in [5.74, 6) is -1.97. The number of fused-ring (bicyclic) bond motifs is 2. The van der Waals surface area contributed by atoms with Crippen LogP contribution >= 0.6 is 0 Å². The molecule has 0 atom stereocenters. The van der Waals surface area contributed by atoms with E-state index in [2.05, 4.69) is 24.5 Å². The lowest BCUT2D eigenvalue weighted by atomic mass is 10.1. The first-order valence-electron chi connectivity index (χ1n) is 11.6. The summed E-state index contributed by atoms with van der Waals surface area (Å²) >= 11 is 0. The first-order valence-corrected chi connectivity index (χ1v) is 13.5. The molecular formula is C24H18F3N5O6S. The zero-order valence-electron chi connectivity index (χ0n) is 20.0. The lowest BCUT2D eigenvalue weighted by Crippen LogP contribution is -2.39. The molecule has 1 saturated carbocycles. The number of halogens is 3. The maximum Gasteiger partial charge on any atom is 0.586 e. The van der Waals surface area contributed by atoms with Crippen LogP contribution in [0, 0.1) is 5.82 Å². The fourth-order valence-corrected chi connectivity index (χ4v) is 5.14. The standard InChI is InChI=1S/C24H18F3N5O6S/c1-39(35,36)18-7-2-12(8-15(18)25)20-21-22(29-11-28-21)23(34)31(30-20)10-19(33)32(13-3-4-13)14-5-6-16-17(9-14)38-24(26,27)37-16/h2,5-9,11,13H,3-4,10H2,1H3,(H,28,29). The minimum absolute atomic E-state index is 0.00341. The van der Waals surface area contributed by atoms with Crippen LogP contribution in [0.4, 0.5) is 18.9 Å². The fourth-order valence-electron chi connectivity index (χ4n) is 4.41. The molecule has 0 saturated heterocycles. The van der Waals surface area contributed by atoms with Crippen molar-refractivity contribution in [1.29, 1.82) is 0 Å². The molecule has 2 aromatic heterocycles. The van der Waals surface area contributed by atoms with Crippen molar-refractivity contribution in [2.75, 3.05) is 11.2 Å². The molecule has 1 aliphatic heterocycles. The minimum atomic E-state index is -3.82. The van der Waals surface area contributed by atoms with Gasteiger partial charge in [0.05, 0.1) is 6.33 Å². The van der Waals surface area contributed by atoms with Gasteiger partial charge in [0.2, 0.25) is 5.91 Å². The Kier molecular flexibility index (Phi) is 5.47. The number of imidazole rings is 1. The minimum Gasteiger partial charge on any atom is -0.395 e. The van der Waals surface area contributed by atoms with E-state index in [1.165, 1.54) is 35.5 Å². The maximum absolute atomic E-state index is 14.6. The van der Waals surface area contributed by atoms with Crippen LogP contribution in [-0.2, 0) is 21.2 Å². The molecule has 1 amide bonds. The molecule has 1 aliphatic carbocycles. The number of amides is 1. The van der Waals surface area contributed by atoms with E-state index in [0.717, 1.165) is 23.1 Å². The number of nitrogens with zero attached hydrogens (tertiary/aromatic N) is 4. The number of carbonyl (C=O) groups is 1. The van der Waals surface area contributed by atoms with Gasteiger partial charge >= 0.3 is 6.29 Å². The SMILES string of the molecule is CS(=O)(=O)c1ccc(-c2nn(CC(=O)N(c3ccc4c(c3)OC(F)(F)O4)C3CC3)c(=O)c3[nH]cnc23)cc1F. The quantitative estimate of drug-likeness (QED) is 0.380. The van der Waals surface area contributed by atoms with Gasteiger partial charge in [-0.25, -0.2) is 22.5 Å². The number of benzene rings is 2. The van der Waals surface area contributed by atoms with Gasteiger partial charge in [-0.3, -0.25) is 9.59 Å².